The van der Waals surface area contributed by atoms with Crippen LogP contribution in [-0.2, 0) is 17.6 Å². The highest BCUT2D eigenvalue weighted by Gasteiger charge is 2.14. The van der Waals surface area contributed by atoms with Gasteiger partial charge in [0.15, 0.2) is 0 Å². The summed E-state index contributed by atoms with van der Waals surface area (Å²) in [4.78, 5) is 22.6. The van der Waals surface area contributed by atoms with Gasteiger partial charge >= 0.3 is 0 Å². The van der Waals surface area contributed by atoms with Crippen molar-refractivity contribution in [2.45, 2.75) is 36.6 Å². The number of hydrogen-bond donors (Lipinski definition) is 1. The van der Waals surface area contributed by atoms with E-state index < -0.39 is 0 Å². The summed E-state index contributed by atoms with van der Waals surface area (Å²) in [6, 6.07) is 17.3. The Labute approximate surface area is 184 Å². The van der Waals surface area contributed by atoms with Crippen molar-refractivity contribution in [2.24, 2.45) is 0 Å². The molecule has 0 aliphatic rings. The molecule has 0 unspecified atom stereocenters. The molecule has 2 aromatic heterocycles. The number of anilines is 1. The van der Waals surface area contributed by atoms with Gasteiger partial charge in [0.05, 0.1) is 19.2 Å². The zero-order valence-corrected chi connectivity index (χ0v) is 18.4. The number of hydrogen-bond acceptors (Lipinski definition) is 6. The number of carbonyl (C=O) groups is 1. The molecule has 0 saturated heterocycles. The number of nitrogens with one attached hydrogen (secondary N) is 1. The van der Waals surface area contributed by atoms with Crippen LogP contribution in [0.3, 0.4) is 0 Å². The van der Waals surface area contributed by atoms with Gasteiger partial charge in [-0.05, 0) is 49.2 Å². The number of rotatable bonds is 7. The number of nitrogens with zero attached hydrogens (tertiary/aromatic N) is 4. The van der Waals surface area contributed by atoms with Crippen LogP contribution in [0.2, 0.25) is 0 Å². The van der Waals surface area contributed by atoms with Gasteiger partial charge in [-0.15, -0.1) is 5.10 Å². The Balaban J connectivity index is 1.58. The molecule has 4 rings (SSSR count). The number of fused-ring (bicyclic) bond motifs is 1. The quantitative estimate of drug-likeness (QED) is 0.437. The van der Waals surface area contributed by atoms with E-state index in [1.807, 2.05) is 61.5 Å². The smallest absolute Gasteiger partial charge is 0.253 e. The molecule has 0 fully saturated rings. The van der Waals surface area contributed by atoms with Gasteiger partial charge in [-0.25, -0.2) is 4.98 Å². The van der Waals surface area contributed by atoms with Gasteiger partial charge in [0.1, 0.15) is 16.6 Å². The molecule has 0 spiro atoms. The summed E-state index contributed by atoms with van der Waals surface area (Å²) >= 11 is 1.53. The Bertz CT molecular complexity index is 1240. The van der Waals surface area contributed by atoms with Gasteiger partial charge < -0.3 is 10.1 Å². The van der Waals surface area contributed by atoms with E-state index in [0.29, 0.717) is 11.6 Å². The maximum atomic E-state index is 12.7. The number of methoxy groups -OCH3 is 1. The van der Waals surface area contributed by atoms with Crippen molar-refractivity contribution in [1.82, 2.24) is 19.6 Å². The Morgan fingerprint density at radius 1 is 1.13 bits per heavy atom. The van der Waals surface area contributed by atoms with Crippen molar-refractivity contribution in [3.05, 3.63) is 71.7 Å². The average molecular weight is 434 g/mol. The van der Waals surface area contributed by atoms with Gasteiger partial charge in [0.2, 0.25) is 5.91 Å². The summed E-state index contributed by atoms with van der Waals surface area (Å²) in [6.45, 7) is 3.91. The van der Waals surface area contributed by atoms with Crippen LogP contribution in [0.25, 0.3) is 5.78 Å². The lowest BCUT2D eigenvalue weighted by atomic mass is 10.1. The molecule has 158 valence electrons. The first-order valence-corrected chi connectivity index (χ1v) is 10.8. The number of carbonyl (C=O) groups excluding carboxylic acids is 1. The summed E-state index contributed by atoms with van der Waals surface area (Å²) in [5.74, 6) is 1.89. The molecule has 8 heteroatoms. The predicted octanol–water partition coefficient (Wildman–Crippen LogP) is 4.34. The predicted molar refractivity (Wildman–Crippen MR) is 121 cm³/mol. The zero-order valence-electron chi connectivity index (χ0n) is 17.6. The summed E-state index contributed by atoms with van der Waals surface area (Å²) in [6.07, 6.45) is 1.06. The minimum atomic E-state index is -0.0907. The van der Waals surface area contributed by atoms with Crippen LogP contribution in [0.5, 0.6) is 5.75 Å². The molecule has 1 N–H and O–H groups in total. The molecule has 0 aliphatic heterocycles. The van der Waals surface area contributed by atoms with Crippen molar-refractivity contribution in [2.75, 3.05) is 12.4 Å². The molecule has 7 nitrogen and oxygen atoms in total. The molecular weight excluding hydrogens is 410 g/mol. The Hall–Kier alpha value is -3.39. The maximum absolute atomic E-state index is 12.7. The largest absolute Gasteiger partial charge is 0.497 e. The first kappa shape index (κ1) is 20.9. The lowest BCUT2D eigenvalue weighted by Crippen LogP contribution is -2.15. The lowest BCUT2D eigenvalue weighted by Gasteiger charge is -2.12. The molecule has 0 saturated carbocycles. The van der Waals surface area contributed by atoms with Crippen LogP contribution < -0.4 is 10.1 Å². The molecule has 0 bridgehead atoms. The van der Waals surface area contributed by atoms with E-state index in [-0.39, 0.29) is 12.3 Å². The summed E-state index contributed by atoms with van der Waals surface area (Å²) in [7, 11) is 1.61. The first-order valence-electron chi connectivity index (χ1n) is 9.98. The summed E-state index contributed by atoms with van der Waals surface area (Å²) < 4.78 is 6.99. The highest BCUT2D eigenvalue weighted by molar-refractivity contribution is 7.99. The van der Waals surface area contributed by atoms with E-state index in [0.717, 1.165) is 39.0 Å². The van der Waals surface area contributed by atoms with Crippen molar-refractivity contribution < 1.29 is 9.53 Å². The topological polar surface area (TPSA) is 81.4 Å². The summed E-state index contributed by atoms with van der Waals surface area (Å²) in [5, 5.41) is 8.41. The molecule has 31 heavy (non-hydrogen) atoms. The lowest BCUT2D eigenvalue weighted by molar-refractivity contribution is -0.115. The fraction of sp³-hybridized carbons (Fsp3) is 0.217. The molecule has 0 radical (unpaired) electrons. The highest BCUT2D eigenvalue weighted by Crippen LogP contribution is 2.34. The molecule has 0 atom stereocenters. The van der Waals surface area contributed by atoms with Crippen molar-refractivity contribution >= 4 is 29.1 Å². The van der Waals surface area contributed by atoms with Gasteiger partial charge in [-0.1, -0.05) is 43.0 Å². The monoisotopic (exact) mass is 433 g/mol. The third kappa shape index (κ3) is 4.86. The highest BCUT2D eigenvalue weighted by atomic mass is 32.2. The van der Waals surface area contributed by atoms with E-state index in [4.69, 9.17) is 4.74 Å². The van der Waals surface area contributed by atoms with E-state index in [1.54, 1.807) is 11.6 Å². The number of aryl methyl sites for hydroxylation is 2. The van der Waals surface area contributed by atoms with E-state index in [1.165, 1.54) is 11.8 Å². The minimum Gasteiger partial charge on any atom is -0.497 e. The second-order valence-electron chi connectivity index (χ2n) is 6.98. The van der Waals surface area contributed by atoms with Crippen LogP contribution in [-0.4, -0.2) is 32.6 Å². The molecule has 2 heterocycles. The van der Waals surface area contributed by atoms with Crippen LogP contribution in [0.1, 0.15) is 24.0 Å². The fourth-order valence-electron chi connectivity index (χ4n) is 3.18. The third-order valence-electron chi connectivity index (χ3n) is 4.68. The van der Waals surface area contributed by atoms with Crippen LogP contribution in [0, 0.1) is 6.92 Å². The molecule has 0 aliphatic carbocycles. The molecule has 4 aromatic rings. The molecular formula is C23H23N5O2S. The van der Waals surface area contributed by atoms with Crippen LogP contribution >= 0.6 is 11.8 Å². The van der Waals surface area contributed by atoms with Gasteiger partial charge in [0, 0.05) is 10.6 Å². The summed E-state index contributed by atoms with van der Waals surface area (Å²) in [5.41, 5.74) is 2.59. The molecule has 2 aromatic carbocycles. The number of aromatic nitrogens is 4. The maximum Gasteiger partial charge on any atom is 0.253 e. The van der Waals surface area contributed by atoms with Gasteiger partial charge in [-0.3, -0.25) is 4.79 Å². The minimum absolute atomic E-state index is 0.0907. The van der Waals surface area contributed by atoms with Gasteiger partial charge in [-0.2, -0.15) is 9.50 Å². The van der Waals surface area contributed by atoms with Crippen molar-refractivity contribution in [1.29, 1.82) is 0 Å². The Morgan fingerprint density at radius 3 is 2.77 bits per heavy atom. The van der Waals surface area contributed by atoms with Gasteiger partial charge in [0.25, 0.3) is 5.78 Å². The number of ether oxygens (including phenoxy) is 1. The first-order chi connectivity index (χ1) is 15.1. The number of para-hydroxylation sites is 1. The second-order valence-corrected chi connectivity index (χ2v) is 8.05. The fourth-order valence-corrected chi connectivity index (χ4v) is 4.18. The molecule has 1 amide bonds. The van der Waals surface area contributed by atoms with Crippen LogP contribution in [0.4, 0.5) is 5.69 Å². The van der Waals surface area contributed by atoms with Crippen molar-refractivity contribution in [3.8, 4) is 5.75 Å². The third-order valence-corrected chi connectivity index (χ3v) is 5.75. The normalized spacial score (nSPS) is 10.9. The number of benzene rings is 2. The van der Waals surface area contributed by atoms with E-state index >= 15 is 0 Å². The van der Waals surface area contributed by atoms with Crippen molar-refractivity contribution in [3.63, 3.8) is 0 Å². The Kier molecular flexibility index (Phi) is 6.18. The zero-order chi connectivity index (χ0) is 21.8. The Morgan fingerprint density at radius 2 is 1.97 bits per heavy atom. The van der Waals surface area contributed by atoms with Crippen LogP contribution in [0.15, 0.2) is 64.5 Å². The standard InChI is InChI=1S/C23H23N5O2S/c1-4-17-14-22(28-23(25-17)24-15(2)27-28)31-20-11-6-5-10-19(20)26-21(29)13-16-8-7-9-18(12-16)30-3/h5-12,14H,4,13H2,1-3H3,(H,26,29). The SMILES string of the molecule is CCc1cc(Sc2ccccc2NC(=O)Cc2cccc(OC)c2)n2nc(C)nc2n1. The van der Waals surface area contributed by atoms with E-state index in [2.05, 4.69) is 27.3 Å². The second kappa shape index (κ2) is 9.18. The number of amides is 1. The van der Waals surface area contributed by atoms with E-state index in [9.17, 15) is 4.79 Å². The average Bonchev–Trinajstić information content (AvgIpc) is 3.15.